The van der Waals surface area contributed by atoms with Gasteiger partial charge in [0.2, 0.25) is 0 Å². The second-order valence-electron chi connectivity index (χ2n) is 3.52. The molecule has 0 aliphatic carbocycles. The van der Waals surface area contributed by atoms with Crippen LogP contribution in [0, 0.1) is 11.6 Å². The van der Waals surface area contributed by atoms with Crippen LogP contribution in [0.15, 0.2) is 29.6 Å². The van der Waals surface area contributed by atoms with Gasteiger partial charge < -0.3 is 10.4 Å². The van der Waals surface area contributed by atoms with Gasteiger partial charge in [-0.1, -0.05) is 6.07 Å². The van der Waals surface area contributed by atoms with Gasteiger partial charge in [0.1, 0.15) is 5.00 Å². The minimum absolute atomic E-state index is 0.0705. The van der Waals surface area contributed by atoms with Crippen LogP contribution in [0.1, 0.15) is 20.7 Å². The first kappa shape index (κ1) is 13.2. The SMILES string of the molecule is O=C(O)c1ccsc1NC(=O)c1cccc(F)c1F. The molecule has 1 heterocycles. The number of nitrogens with one attached hydrogen (secondary N) is 1. The second kappa shape index (κ2) is 5.15. The summed E-state index contributed by atoms with van der Waals surface area (Å²) in [6.07, 6.45) is 0. The maximum Gasteiger partial charge on any atom is 0.338 e. The van der Waals surface area contributed by atoms with E-state index in [4.69, 9.17) is 5.11 Å². The van der Waals surface area contributed by atoms with Crippen molar-refractivity contribution >= 4 is 28.2 Å². The molecule has 19 heavy (non-hydrogen) atoms. The topological polar surface area (TPSA) is 66.4 Å². The summed E-state index contributed by atoms with van der Waals surface area (Å²) in [6, 6.07) is 4.51. The molecule has 1 aromatic heterocycles. The van der Waals surface area contributed by atoms with Crippen molar-refractivity contribution in [2.75, 3.05) is 5.32 Å². The predicted molar refractivity (Wildman–Crippen MR) is 65.6 cm³/mol. The predicted octanol–water partition coefficient (Wildman–Crippen LogP) is 2.98. The summed E-state index contributed by atoms with van der Waals surface area (Å²) in [4.78, 5) is 22.6. The summed E-state index contributed by atoms with van der Waals surface area (Å²) in [5.74, 6) is -4.52. The molecule has 2 aromatic rings. The third-order valence-electron chi connectivity index (χ3n) is 2.32. The Morgan fingerprint density at radius 1 is 1.16 bits per heavy atom. The van der Waals surface area contributed by atoms with Crippen LogP contribution in [0.5, 0.6) is 0 Å². The zero-order valence-electron chi connectivity index (χ0n) is 9.31. The molecular formula is C12H7F2NO3S. The monoisotopic (exact) mass is 283 g/mol. The molecule has 0 aliphatic rings. The molecule has 0 atom stereocenters. The van der Waals surface area contributed by atoms with Crippen molar-refractivity contribution in [2.45, 2.75) is 0 Å². The highest BCUT2D eigenvalue weighted by atomic mass is 32.1. The number of hydrogen-bond donors (Lipinski definition) is 2. The third kappa shape index (κ3) is 2.60. The molecule has 0 bridgehead atoms. The molecule has 0 fully saturated rings. The number of carbonyl (C=O) groups excluding carboxylic acids is 1. The first-order valence-electron chi connectivity index (χ1n) is 5.07. The molecular weight excluding hydrogens is 276 g/mol. The van der Waals surface area contributed by atoms with Crippen molar-refractivity contribution in [1.29, 1.82) is 0 Å². The van der Waals surface area contributed by atoms with Gasteiger partial charge in [-0.15, -0.1) is 11.3 Å². The fourth-order valence-corrected chi connectivity index (χ4v) is 2.20. The van der Waals surface area contributed by atoms with Crippen molar-refractivity contribution < 1.29 is 23.5 Å². The number of anilines is 1. The molecule has 4 nitrogen and oxygen atoms in total. The van der Waals surface area contributed by atoms with Crippen molar-refractivity contribution in [3.05, 3.63) is 52.4 Å². The van der Waals surface area contributed by atoms with E-state index in [0.29, 0.717) is 0 Å². The van der Waals surface area contributed by atoms with Crippen LogP contribution >= 0.6 is 11.3 Å². The maximum absolute atomic E-state index is 13.4. The smallest absolute Gasteiger partial charge is 0.338 e. The van der Waals surface area contributed by atoms with Crippen molar-refractivity contribution in [1.82, 2.24) is 0 Å². The molecule has 1 aromatic carbocycles. The molecule has 0 spiro atoms. The first-order chi connectivity index (χ1) is 9.00. The van der Waals surface area contributed by atoms with Crippen LogP contribution in [0.25, 0.3) is 0 Å². The minimum atomic E-state index is -1.27. The molecule has 7 heteroatoms. The zero-order chi connectivity index (χ0) is 14.0. The van der Waals surface area contributed by atoms with Gasteiger partial charge in [-0.2, -0.15) is 0 Å². The number of carboxylic acids is 1. The number of halogens is 2. The summed E-state index contributed by atoms with van der Waals surface area (Å²) in [5, 5.41) is 12.7. The zero-order valence-corrected chi connectivity index (χ0v) is 10.1. The lowest BCUT2D eigenvalue weighted by atomic mass is 10.2. The average Bonchev–Trinajstić information content (AvgIpc) is 2.80. The summed E-state index contributed by atoms with van der Waals surface area (Å²) < 4.78 is 26.4. The number of carboxylic acid groups (broad SMARTS) is 1. The van der Waals surface area contributed by atoms with Crippen molar-refractivity contribution in [2.24, 2.45) is 0 Å². The molecule has 0 aliphatic heterocycles. The molecule has 98 valence electrons. The number of rotatable bonds is 3. The number of aromatic carboxylic acids is 1. The van der Waals surface area contributed by atoms with Crippen LogP contribution in [0.2, 0.25) is 0 Å². The normalized spacial score (nSPS) is 10.2. The minimum Gasteiger partial charge on any atom is -0.478 e. The van der Waals surface area contributed by atoms with Gasteiger partial charge in [-0.25, -0.2) is 13.6 Å². The summed E-state index contributed by atoms with van der Waals surface area (Å²) in [7, 11) is 0. The van der Waals surface area contributed by atoms with Gasteiger partial charge in [-0.3, -0.25) is 4.79 Å². The van der Waals surface area contributed by atoms with Crippen LogP contribution in [-0.4, -0.2) is 17.0 Å². The lowest BCUT2D eigenvalue weighted by Crippen LogP contribution is -2.15. The Labute approximate surface area is 110 Å². The maximum atomic E-state index is 13.4. The van der Waals surface area contributed by atoms with E-state index in [-0.39, 0.29) is 10.6 Å². The lowest BCUT2D eigenvalue weighted by Gasteiger charge is -2.05. The Morgan fingerprint density at radius 2 is 1.89 bits per heavy atom. The van der Waals surface area contributed by atoms with Gasteiger partial charge in [0.15, 0.2) is 11.6 Å². The average molecular weight is 283 g/mol. The van der Waals surface area contributed by atoms with E-state index in [9.17, 15) is 18.4 Å². The third-order valence-corrected chi connectivity index (χ3v) is 3.15. The van der Waals surface area contributed by atoms with Crippen LogP contribution in [-0.2, 0) is 0 Å². The quantitative estimate of drug-likeness (QED) is 0.910. The number of carbonyl (C=O) groups is 2. The van der Waals surface area contributed by atoms with Crippen LogP contribution in [0.3, 0.4) is 0 Å². The number of hydrogen-bond acceptors (Lipinski definition) is 3. The van der Waals surface area contributed by atoms with E-state index in [2.05, 4.69) is 5.32 Å². The van der Waals surface area contributed by atoms with E-state index in [1.165, 1.54) is 17.5 Å². The largest absolute Gasteiger partial charge is 0.478 e. The molecule has 0 unspecified atom stereocenters. The Morgan fingerprint density at radius 3 is 2.58 bits per heavy atom. The standard InChI is InChI=1S/C12H7F2NO3S/c13-8-3-1-2-6(9(8)14)10(16)15-11-7(12(17)18)4-5-19-11/h1-5H,(H,15,16)(H,17,18). The Hall–Kier alpha value is -2.28. The molecule has 2 rings (SSSR count). The lowest BCUT2D eigenvalue weighted by molar-refractivity contribution is 0.0698. The summed E-state index contributed by atoms with van der Waals surface area (Å²) >= 11 is 0.982. The number of amides is 1. The second-order valence-corrected chi connectivity index (χ2v) is 4.44. The van der Waals surface area contributed by atoms with Crippen LogP contribution in [0.4, 0.5) is 13.8 Å². The Bertz CT molecular complexity index is 654. The van der Waals surface area contributed by atoms with Gasteiger partial charge in [0, 0.05) is 0 Å². The molecule has 1 amide bonds. The molecule has 2 N–H and O–H groups in total. The van der Waals surface area contributed by atoms with E-state index in [1.807, 2.05) is 0 Å². The molecule has 0 saturated heterocycles. The highest BCUT2D eigenvalue weighted by Crippen LogP contribution is 2.24. The number of thiophene rings is 1. The highest BCUT2D eigenvalue weighted by molar-refractivity contribution is 7.14. The fraction of sp³-hybridized carbons (Fsp3) is 0. The van der Waals surface area contributed by atoms with Crippen LogP contribution < -0.4 is 5.32 Å². The summed E-state index contributed by atoms with van der Waals surface area (Å²) in [6.45, 7) is 0. The van der Waals surface area contributed by atoms with Gasteiger partial charge >= 0.3 is 5.97 Å². The number of benzene rings is 1. The first-order valence-corrected chi connectivity index (χ1v) is 5.95. The van der Waals surface area contributed by atoms with Crippen molar-refractivity contribution in [3.63, 3.8) is 0 Å². The van der Waals surface area contributed by atoms with Gasteiger partial charge in [-0.05, 0) is 23.6 Å². The van der Waals surface area contributed by atoms with E-state index in [0.717, 1.165) is 23.5 Å². The van der Waals surface area contributed by atoms with Gasteiger partial charge in [0.25, 0.3) is 5.91 Å². The summed E-state index contributed by atoms with van der Waals surface area (Å²) in [5.41, 5.74) is -0.583. The van der Waals surface area contributed by atoms with E-state index < -0.39 is 29.1 Å². The van der Waals surface area contributed by atoms with E-state index in [1.54, 1.807) is 0 Å². The van der Waals surface area contributed by atoms with E-state index >= 15 is 0 Å². The highest BCUT2D eigenvalue weighted by Gasteiger charge is 2.18. The Balaban J connectivity index is 2.29. The molecule has 0 radical (unpaired) electrons. The van der Waals surface area contributed by atoms with Crippen molar-refractivity contribution in [3.8, 4) is 0 Å². The molecule has 0 saturated carbocycles. The fourth-order valence-electron chi connectivity index (χ4n) is 1.42. The van der Waals surface area contributed by atoms with Gasteiger partial charge in [0.05, 0.1) is 11.1 Å². The Kier molecular flexibility index (Phi) is 3.57.